The Balaban J connectivity index is 1.58. The van der Waals surface area contributed by atoms with Gasteiger partial charge in [0.2, 0.25) is 0 Å². The van der Waals surface area contributed by atoms with Crippen molar-refractivity contribution in [2.45, 2.75) is 113 Å². The van der Waals surface area contributed by atoms with Crippen LogP contribution in [0.3, 0.4) is 0 Å². The monoisotopic (exact) mass is 512 g/mol. The van der Waals surface area contributed by atoms with E-state index in [1.54, 1.807) is 12.5 Å². The van der Waals surface area contributed by atoms with E-state index in [-0.39, 0.29) is 51.9 Å². The van der Waals surface area contributed by atoms with Crippen LogP contribution in [-0.4, -0.2) is 28.9 Å². The van der Waals surface area contributed by atoms with E-state index in [4.69, 9.17) is 4.74 Å². The van der Waals surface area contributed by atoms with E-state index < -0.39 is 11.9 Å². The second kappa shape index (κ2) is 9.38. The van der Waals surface area contributed by atoms with Crippen molar-refractivity contribution in [2.75, 3.05) is 0 Å². The molecule has 0 aromatic rings. The number of hydrogen-bond acceptors (Lipinski definition) is 4. The zero-order valence-corrected chi connectivity index (χ0v) is 24.3. The van der Waals surface area contributed by atoms with Crippen molar-refractivity contribution in [1.29, 1.82) is 0 Å². The van der Waals surface area contributed by atoms with E-state index in [0.29, 0.717) is 18.3 Å². The van der Waals surface area contributed by atoms with Gasteiger partial charge < -0.3 is 9.84 Å². The molecule has 0 saturated heterocycles. The van der Waals surface area contributed by atoms with Gasteiger partial charge in [-0.3, -0.25) is 14.4 Å². The van der Waals surface area contributed by atoms with Crippen molar-refractivity contribution < 1.29 is 24.2 Å². The fourth-order valence-corrected chi connectivity index (χ4v) is 9.40. The van der Waals surface area contributed by atoms with Gasteiger partial charge in [0, 0.05) is 25.2 Å². The van der Waals surface area contributed by atoms with Gasteiger partial charge in [-0.25, -0.2) is 0 Å². The van der Waals surface area contributed by atoms with Crippen molar-refractivity contribution in [3.8, 4) is 0 Å². The summed E-state index contributed by atoms with van der Waals surface area (Å²) in [6.45, 7) is 17.3. The summed E-state index contributed by atoms with van der Waals surface area (Å²) >= 11 is 0. The predicted octanol–water partition coefficient (Wildman–Crippen LogP) is 7.15. The minimum Gasteiger partial charge on any atom is -0.481 e. The zero-order valence-electron chi connectivity index (χ0n) is 24.3. The molecule has 37 heavy (non-hydrogen) atoms. The first kappa shape index (κ1) is 28.1. The molecule has 4 aliphatic rings. The molecule has 8 atom stereocenters. The minimum absolute atomic E-state index is 0.00688. The van der Waals surface area contributed by atoms with Crippen molar-refractivity contribution in [3.63, 3.8) is 0 Å². The van der Waals surface area contributed by atoms with Crippen molar-refractivity contribution in [3.05, 3.63) is 23.3 Å². The molecule has 0 radical (unpaired) electrons. The number of Topliss-reactive ketones (excluding diaryl/α,β-unsaturated/α-hetero) is 1. The number of rotatable bonds is 7. The van der Waals surface area contributed by atoms with Crippen molar-refractivity contribution in [1.82, 2.24) is 0 Å². The standard InChI is InChI=1S/C32H48O5/c1-19(17-22(34)18-20(2)28(35)36)23-11-15-32(8)25-9-10-26-29(4,5)27(37-21(3)33)13-14-30(26,6)24(25)12-16-31(23,32)7/h11-12,19-20,25-27H,9-10,13-18H2,1-8H3,(H,35,36)/t19-,20+,25-,26+,27+,30-,31-,32+/m1/s1. The average molecular weight is 513 g/mol. The van der Waals surface area contributed by atoms with E-state index >= 15 is 0 Å². The Bertz CT molecular complexity index is 1040. The Labute approximate surface area is 223 Å². The number of carbonyl (C=O) groups is 3. The quantitative estimate of drug-likeness (QED) is 0.289. The second-order valence-electron chi connectivity index (χ2n) is 14.1. The third-order valence-electron chi connectivity index (χ3n) is 11.7. The zero-order chi connectivity index (χ0) is 27.6. The summed E-state index contributed by atoms with van der Waals surface area (Å²) in [5.41, 5.74) is 3.20. The molecule has 206 valence electrons. The van der Waals surface area contributed by atoms with Gasteiger partial charge in [0.1, 0.15) is 11.9 Å². The van der Waals surface area contributed by atoms with Crippen LogP contribution < -0.4 is 0 Å². The number of allylic oxidation sites excluding steroid dienone is 4. The van der Waals surface area contributed by atoms with Gasteiger partial charge in [-0.1, -0.05) is 71.8 Å². The molecule has 0 unspecified atom stereocenters. The van der Waals surface area contributed by atoms with Crippen LogP contribution in [0.1, 0.15) is 107 Å². The Hall–Kier alpha value is -1.91. The van der Waals surface area contributed by atoms with E-state index in [1.165, 1.54) is 12.5 Å². The number of hydrogen-bond donors (Lipinski definition) is 1. The van der Waals surface area contributed by atoms with Crippen LogP contribution in [-0.2, 0) is 19.1 Å². The number of aliphatic carboxylic acids is 1. The van der Waals surface area contributed by atoms with Crippen LogP contribution in [0.2, 0.25) is 0 Å². The number of ketones is 1. The minimum atomic E-state index is -0.903. The van der Waals surface area contributed by atoms with Crippen LogP contribution in [0.4, 0.5) is 0 Å². The number of ether oxygens (including phenoxy) is 1. The molecule has 0 aliphatic heterocycles. The van der Waals surface area contributed by atoms with Gasteiger partial charge >= 0.3 is 11.9 Å². The third kappa shape index (κ3) is 4.33. The first-order chi connectivity index (χ1) is 17.1. The summed E-state index contributed by atoms with van der Waals surface area (Å²) < 4.78 is 5.82. The number of esters is 1. The van der Waals surface area contributed by atoms with Crippen LogP contribution in [0.25, 0.3) is 0 Å². The van der Waals surface area contributed by atoms with Gasteiger partial charge in [-0.15, -0.1) is 0 Å². The summed E-state index contributed by atoms with van der Waals surface area (Å²) in [6, 6.07) is 0. The van der Waals surface area contributed by atoms with Gasteiger partial charge in [-0.2, -0.15) is 0 Å². The number of carboxylic acid groups (broad SMARTS) is 1. The fraction of sp³-hybridized carbons (Fsp3) is 0.781. The molecular weight excluding hydrogens is 464 g/mol. The highest BCUT2D eigenvalue weighted by Gasteiger charge is 2.64. The molecular formula is C32H48O5. The lowest BCUT2D eigenvalue weighted by Crippen LogP contribution is -2.58. The topological polar surface area (TPSA) is 80.7 Å². The van der Waals surface area contributed by atoms with Gasteiger partial charge in [0.05, 0.1) is 5.92 Å². The highest BCUT2D eigenvalue weighted by atomic mass is 16.5. The Morgan fingerprint density at radius 1 is 1.00 bits per heavy atom. The first-order valence-electron chi connectivity index (χ1n) is 14.4. The molecule has 4 aliphatic carbocycles. The molecule has 0 bridgehead atoms. The molecule has 0 amide bonds. The molecule has 2 saturated carbocycles. The molecule has 4 rings (SSSR count). The molecule has 2 fully saturated rings. The van der Waals surface area contributed by atoms with Crippen molar-refractivity contribution >= 4 is 17.7 Å². The Kier molecular flexibility index (Phi) is 7.12. The molecule has 0 heterocycles. The summed E-state index contributed by atoms with van der Waals surface area (Å²) in [5, 5.41) is 9.21. The fourth-order valence-electron chi connectivity index (χ4n) is 9.40. The summed E-state index contributed by atoms with van der Waals surface area (Å²) in [7, 11) is 0. The van der Waals surface area contributed by atoms with E-state index in [0.717, 1.165) is 38.5 Å². The summed E-state index contributed by atoms with van der Waals surface area (Å²) in [4.78, 5) is 35.8. The molecule has 5 heteroatoms. The maximum Gasteiger partial charge on any atom is 0.306 e. The number of carbonyl (C=O) groups excluding carboxylic acids is 2. The lowest BCUT2D eigenvalue weighted by atomic mass is 9.41. The summed E-state index contributed by atoms with van der Waals surface area (Å²) in [5.74, 6) is -0.542. The SMILES string of the molecule is CC(=O)O[C@H]1CC[C@]2(C)C3=CC[C@]4(C)C([C@H](C)CC(=O)C[C@H](C)C(=O)O)=CC[C@@]4(C)[C@@H]3CC[C@H]2C1(C)C. The van der Waals surface area contributed by atoms with Gasteiger partial charge in [0.25, 0.3) is 0 Å². The van der Waals surface area contributed by atoms with E-state index in [2.05, 4.69) is 53.7 Å². The molecule has 1 N–H and O–H groups in total. The lowest BCUT2D eigenvalue weighted by Gasteiger charge is -2.64. The third-order valence-corrected chi connectivity index (χ3v) is 11.7. The maximum absolute atomic E-state index is 12.7. The second-order valence-corrected chi connectivity index (χ2v) is 14.1. The smallest absolute Gasteiger partial charge is 0.306 e. The van der Waals surface area contributed by atoms with Gasteiger partial charge in [-0.05, 0) is 72.5 Å². The van der Waals surface area contributed by atoms with E-state index in [9.17, 15) is 19.5 Å². The van der Waals surface area contributed by atoms with Crippen molar-refractivity contribution in [2.24, 2.45) is 45.3 Å². The Morgan fingerprint density at radius 2 is 1.68 bits per heavy atom. The maximum atomic E-state index is 12.7. The van der Waals surface area contributed by atoms with Crippen LogP contribution in [0.5, 0.6) is 0 Å². The van der Waals surface area contributed by atoms with Crippen LogP contribution in [0.15, 0.2) is 23.3 Å². The first-order valence-corrected chi connectivity index (χ1v) is 14.4. The molecule has 0 spiro atoms. The van der Waals surface area contributed by atoms with Crippen LogP contribution in [0, 0.1) is 45.3 Å². The molecule has 0 aromatic heterocycles. The molecule has 5 nitrogen and oxygen atoms in total. The largest absolute Gasteiger partial charge is 0.481 e. The normalized spacial score (nSPS) is 39.7. The highest BCUT2D eigenvalue weighted by Crippen LogP contribution is 2.71. The number of fused-ring (bicyclic) bond motifs is 5. The number of carboxylic acids is 1. The lowest BCUT2D eigenvalue weighted by molar-refractivity contribution is -0.170. The predicted molar refractivity (Wildman–Crippen MR) is 145 cm³/mol. The van der Waals surface area contributed by atoms with Crippen LogP contribution >= 0.6 is 0 Å². The molecule has 0 aromatic carbocycles. The Morgan fingerprint density at radius 3 is 2.30 bits per heavy atom. The highest BCUT2D eigenvalue weighted by molar-refractivity contribution is 5.84. The average Bonchev–Trinajstić information content (AvgIpc) is 3.07. The van der Waals surface area contributed by atoms with Gasteiger partial charge in [0.15, 0.2) is 0 Å². The summed E-state index contributed by atoms with van der Waals surface area (Å²) in [6.07, 6.45) is 11.8. The van der Waals surface area contributed by atoms with E-state index in [1.807, 2.05) is 0 Å².